The van der Waals surface area contributed by atoms with Gasteiger partial charge in [0.1, 0.15) is 0 Å². The van der Waals surface area contributed by atoms with Crippen molar-refractivity contribution in [1.29, 1.82) is 0 Å². The number of amides is 1. The smallest absolute Gasteiger partial charge is 0.475 e. The van der Waals surface area contributed by atoms with Crippen LogP contribution in [0, 0.1) is 5.92 Å². The summed E-state index contributed by atoms with van der Waals surface area (Å²) in [7, 11) is 2.17. The molecule has 2 N–H and O–H groups in total. The quantitative estimate of drug-likeness (QED) is 0.501. The third-order valence-electron chi connectivity index (χ3n) is 7.05. The molecule has 3 aliphatic rings. The van der Waals surface area contributed by atoms with E-state index < -0.39 is 24.3 Å². The molecule has 0 bridgehead atoms. The Bertz CT molecular complexity index is 1220. The van der Waals surface area contributed by atoms with E-state index in [1.54, 1.807) is 0 Å². The van der Waals surface area contributed by atoms with Crippen molar-refractivity contribution in [2.45, 2.75) is 50.5 Å². The number of aromatic nitrogens is 3. The van der Waals surface area contributed by atoms with E-state index in [2.05, 4.69) is 27.0 Å². The van der Waals surface area contributed by atoms with Gasteiger partial charge in [-0.1, -0.05) is 0 Å². The highest BCUT2D eigenvalue weighted by atomic mass is 19.4. The summed E-state index contributed by atoms with van der Waals surface area (Å²) in [5.74, 6) is -3.53. The van der Waals surface area contributed by atoms with Crippen LogP contribution >= 0.6 is 0 Å². The number of carboxylic acids is 2. The highest BCUT2D eigenvalue weighted by Crippen LogP contribution is 2.32. The Hall–Kier alpha value is -3.47. The van der Waals surface area contributed by atoms with E-state index in [-0.39, 0.29) is 11.9 Å². The minimum Gasteiger partial charge on any atom is -0.475 e. The molecule has 234 valence electrons. The molecule has 4 heterocycles. The number of fused-ring (bicyclic) bond motifs is 1. The summed E-state index contributed by atoms with van der Waals surface area (Å²) < 4.78 is 65.5. The molecule has 5 rings (SSSR count). The number of piperazine rings is 1. The molecule has 42 heavy (non-hydrogen) atoms. The maximum atomic E-state index is 13.0. The fourth-order valence-corrected chi connectivity index (χ4v) is 4.58. The van der Waals surface area contributed by atoms with Gasteiger partial charge >= 0.3 is 24.3 Å². The summed E-state index contributed by atoms with van der Waals surface area (Å²) in [6, 6.07) is 4.04. The van der Waals surface area contributed by atoms with E-state index >= 15 is 0 Å². The van der Waals surface area contributed by atoms with Crippen molar-refractivity contribution in [3.63, 3.8) is 0 Å². The topological polar surface area (TPSA) is 132 Å². The van der Waals surface area contributed by atoms with E-state index in [4.69, 9.17) is 19.8 Å². The summed E-state index contributed by atoms with van der Waals surface area (Å²) in [5.41, 5.74) is 1.56. The van der Waals surface area contributed by atoms with Crippen LogP contribution < -0.4 is 0 Å². The van der Waals surface area contributed by atoms with E-state index in [9.17, 15) is 31.1 Å². The van der Waals surface area contributed by atoms with Crippen molar-refractivity contribution >= 4 is 23.5 Å². The molecule has 0 aromatic carbocycles. The van der Waals surface area contributed by atoms with E-state index in [1.807, 2.05) is 27.6 Å². The Morgan fingerprint density at radius 2 is 1.45 bits per heavy atom. The molecular formula is C25H32F6N6O5. The van der Waals surface area contributed by atoms with E-state index in [1.165, 1.54) is 25.8 Å². The minimum atomic E-state index is -5.08. The van der Waals surface area contributed by atoms with Crippen LogP contribution in [0.1, 0.15) is 54.3 Å². The highest BCUT2D eigenvalue weighted by molar-refractivity contribution is 5.94. The van der Waals surface area contributed by atoms with Crippen molar-refractivity contribution in [3.8, 4) is 0 Å². The second-order valence-electron chi connectivity index (χ2n) is 10.4. The van der Waals surface area contributed by atoms with Crippen molar-refractivity contribution < 1.29 is 50.9 Å². The first-order valence-electron chi connectivity index (χ1n) is 13.2. The average molecular weight is 611 g/mol. The van der Waals surface area contributed by atoms with Crippen LogP contribution in [0.5, 0.6) is 0 Å². The van der Waals surface area contributed by atoms with Crippen LogP contribution in [0.25, 0.3) is 5.65 Å². The summed E-state index contributed by atoms with van der Waals surface area (Å²) in [6.45, 7) is 6.09. The van der Waals surface area contributed by atoms with Crippen molar-refractivity contribution in [1.82, 2.24) is 29.3 Å². The van der Waals surface area contributed by atoms with Crippen LogP contribution in [0.15, 0.2) is 18.3 Å². The molecular weight excluding hydrogens is 578 g/mol. The normalized spacial score (nSPS) is 20.3. The van der Waals surface area contributed by atoms with Gasteiger partial charge in [-0.3, -0.25) is 19.0 Å². The van der Waals surface area contributed by atoms with E-state index in [0.717, 1.165) is 68.5 Å². The van der Waals surface area contributed by atoms with Gasteiger partial charge in [0.25, 0.3) is 5.91 Å². The SMILES string of the molecule is CN1CCN(CC2CC2)CC1c1nnc2ccc(C(=O)N3CCCCC3)cn12.O=C(O)C(F)(F)F.O=C(O)C(F)(F)F. The Balaban J connectivity index is 0.000000289. The Labute approximate surface area is 236 Å². The van der Waals surface area contributed by atoms with Gasteiger partial charge in [0, 0.05) is 45.5 Å². The molecule has 2 aromatic rings. The lowest BCUT2D eigenvalue weighted by Gasteiger charge is -2.38. The Kier molecular flexibility index (Phi) is 10.8. The van der Waals surface area contributed by atoms with Crippen LogP contribution in [0.2, 0.25) is 0 Å². The number of carbonyl (C=O) groups excluding carboxylic acids is 1. The average Bonchev–Trinajstić information content (AvgIpc) is 3.65. The van der Waals surface area contributed by atoms with Gasteiger partial charge in [0.2, 0.25) is 0 Å². The first kappa shape index (κ1) is 33.0. The number of aliphatic carboxylic acids is 2. The van der Waals surface area contributed by atoms with E-state index in [0.29, 0.717) is 0 Å². The van der Waals surface area contributed by atoms with Crippen LogP contribution in [-0.2, 0) is 9.59 Å². The van der Waals surface area contributed by atoms with Gasteiger partial charge in [-0.25, -0.2) is 9.59 Å². The zero-order chi connectivity index (χ0) is 31.2. The molecule has 2 aliphatic heterocycles. The molecule has 1 unspecified atom stereocenters. The highest BCUT2D eigenvalue weighted by Gasteiger charge is 2.39. The number of alkyl halides is 6. The zero-order valence-corrected chi connectivity index (χ0v) is 22.7. The summed E-state index contributed by atoms with van der Waals surface area (Å²) in [6.07, 6.45) is -2.01. The largest absolute Gasteiger partial charge is 0.490 e. The number of likely N-dealkylation sites (N-methyl/N-ethyl adjacent to an activating group) is 1. The summed E-state index contributed by atoms with van der Waals surface area (Å²) in [5, 5.41) is 23.2. The summed E-state index contributed by atoms with van der Waals surface area (Å²) in [4.78, 5) is 37.7. The number of hydrogen-bond donors (Lipinski definition) is 2. The van der Waals surface area contributed by atoms with Crippen molar-refractivity contribution in [3.05, 3.63) is 29.7 Å². The molecule has 17 heteroatoms. The molecule has 3 fully saturated rings. The van der Waals surface area contributed by atoms with Gasteiger partial charge < -0.3 is 15.1 Å². The maximum absolute atomic E-state index is 13.0. The number of likely N-dealkylation sites (tertiary alicyclic amines) is 1. The molecule has 1 atom stereocenters. The molecule has 0 spiro atoms. The monoisotopic (exact) mass is 610 g/mol. The fourth-order valence-electron chi connectivity index (χ4n) is 4.58. The number of nitrogens with zero attached hydrogens (tertiary/aromatic N) is 6. The number of carbonyl (C=O) groups is 3. The number of hydrogen-bond acceptors (Lipinski definition) is 7. The van der Waals surface area contributed by atoms with Crippen molar-refractivity contribution in [2.24, 2.45) is 5.92 Å². The fraction of sp³-hybridized carbons (Fsp3) is 0.640. The van der Waals surface area contributed by atoms with Crippen molar-refractivity contribution in [2.75, 3.05) is 46.3 Å². The van der Waals surface area contributed by atoms with Crippen LogP contribution in [-0.4, -0.2) is 116 Å². The number of carboxylic acid groups (broad SMARTS) is 2. The number of pyridine rings is 1. The van der Waals surface area contributed by atoms with Gasteiger partial charge in [-0.05, 0) is 57.2 Å². The first-order chi connectivity index (χ1) is 19.6. The number of halogens is 6. The summed E-state index contributed by atoms with van der Waals surface area (Å²) >= 11 is 0. The van der Waals surface area contributed by atoms with Gasteiger partial charge in [-0.2, -0.15) is 26.3 Å². The maximum Gasteiger partial charge on any atom is 0.490 e. The molecule has 2 aromatic heterocycles. The Morgan fingerprint density at radius 1 is 0.881 bits per heavy atom. The predicted octanol–water partition coefficient (Wildman–Crippen LogP) is 3.32. The molecule has 1 saturated carbocycles. The molecule has 11 nitrogen and oxygen atoms in total. The minimum absolute atomic E-state index is 0.133. The second kappa shape index (κ2) is 13.7. The van der Waals surface area contributed by atoms with Gasteiger partial charge in [0.15, 0.2) is 11.5 Å². The number of rotatable bonds is 4. The predicted molar refractivity (Wildman–Crippen MR) is 135 cm³/mol. The molecule has 2 saturated heterocycles. The Morgan fingerprint density at radius 3 is 1.98 bits per heavy atom. The number of piperidine rings is 1. The van der Waals surface area contributed by atoms with Crippen LogP contribution in [0.4, 0.5) is 26.3 Å². The zero-order valence-electron chi connectivity index (χ0n) is 22.7. The lowest BCUT2D eigenvalue weighted by atomic mass is 10.1. The third-order valence-corrected chi connectivity index (χ3v) is 7.05. The lowest BCUT2D eigenvalue weighted by Crippen LogP contribution is -2.47. The van der Waals surface area contributed by atoms with Crippen LogP contribution in [0.3, 0.4) is 0 Å². The standard InChI is InChI=1S/C21H30N6O.2C2HF3O2/c1-24-11-12-25(13-16-5-6-16)15-18(24)20-23-22-19-8-7-17(14-27(19)20)21(28)26-9-3-2-4-10-26;2*3-2(4,5)1(6)7/h7-8,14,16,18H,2-6,9-13,15H2,1H3;2*(H,6,7). The molecule has 1 amide bonds. The third kappa shape index (κ3) is 9.27. The molecule has 1 aliphatic carbocycles. The van der Waals surface area contributed by atoms with Gasteiger partial charge in [0.05, 0.1) is 11.6 Å². The lowest BCUT2D eigenvalue weighted by molar-refractivity contribution is -0.193. The first-order valence-corrected chi connectivity index (χ1v) is 13.2. The van der Waals surface area contributed by atoms with Gasteiger partial charge in [-0.15, -0.1) is 10.2 Å². The molecule has 0 radical (unpaired) electrons. The second-order valence-corrected chi connectivity index (χ2v) is 10.4.